The van der Waals surface area contributed by atoms with Crippen molar-refractivity contribution in [1.29, 1.82) is 0 Å². The van der Waals surface area contributed by atoms with Crippen LogP contribution in [-0.2, 0) is 11.2 Å². The number of benzene rings is 3. The summed E-state index contributed by atoms with van der Waals surface area (Å²) in [5.74, 6) is -0.0916. The molecule has 0 radical (unpaired) electrons. The summed E-state index contributed by atoms with van der Waals surface area (Å²) in [6, 6.07) is 26.2. The molecule has 1 aromatic heterocycles. The largest absolute Gasteiger partial charge is 0.387 e. The molecular formula is C24H21NO2S. The minimum absolute atomic E-state index is 0.0916. The van der Waals surface area contributed by atoms with E-state index in [-0.39, 0.29) is 12.5 Å². The van der Waals surface area contributed by atoms with E-state index in [4.69, 9.17) is 0 Å². The zero-order chi connectivity index (χ0) is 19.3. The van der Waals surface area contributed by atoms with Crippen molar-refractivity contribution in [1.82, 2.24) is 5.32 Å². The van der Waals surface area contributed by atoms with Crippen molar-refractivity contribution in [3.63, 3.8) is 0 Å². The Labute approximate surface area is 168 Å². The summed E-state index contributed by atoms with van der Waals surface area (Å²) in [6.45, 7) is 0.210. The van der Waals surface area contributed by atoms with Crippen molar-refractivity contribution in [3.8, 4) is 11.1 Å². The van der Waals surface area contributed by atoms with Gasteiger partial charge in [-0.3, -0.25) is 4.79 Å². The van der Waals surface area contributed by atoms with Gasteiger partial charge >= 0.3 is 0 Å². The molecule has 4 rings (SSSR count). The molecule has 4 aromatic rings. The monoisotopic (exact) mass is 387 g/mol. The average molecular weight is 388 g/mol. The molecule has 0 saturated carbocycles. The lowest BCUT2D eigenvalue weighted by molar-refractivity contribution is -0.120. The highest BCUT2D eigenvalue weighted by molar-refractivity contribution is 7.17. The van der Waals surface area contributed by atoms with Crippen molar-refractivity contribution in [3.05, 3.63) is 95.4 Å². The summed E-state index contributed by atoms with van der Waals surface area (Å²) in [4.78, 5) is 12.3. The summed E-state index contributed by atoms with van der Waals surface area (Å²) in [5, 5.41) is 16.3. The molecule has 0 aliphatic heterocycles. The molecule has 28 heavy (non-hydrogen) atoms. The van der Waals surface area contributed by atoms with Gasteiger partial charge in [-0.15, -0.1) is 11.3 Å². The molecule has 0 bridgehead atoms. The molecule has 4 heteroatoms. The molecule has 0 spiro atoms. The van der Waals surface area contributed by atoms with E-state index < -0.39 is 6.10 Å². The Bertz CT molecular complexity index is 1070. The lowest BCUT2D eigenvalue weighted by atomic mass is 10.0. The maximum absolute atomic E-state index is 12.3. The standard InChI is InChI=1S/C24H21NO2S/c26-22(21-16-28-23-9-5-4-8-20(21)23)15-25-24(27)14-17-10-12-19(13-11-17)18-6-2-1-3-7-18/h1-13,16,22,26H,14-15H2,(H,25,27)/t22-/m1/s1. The third kappa shape index (κ3) is 4.14. The molecule has 1 atom stereocenters. The molecule has 0 fully saturated rings. The summed E-state index contributed by atoms with van der Waals surface area (Å²) in [7, 11) is 0. The van der Waals surface area contributed by atoms with Crippen LogP contribution in [0.4, 0.5) is 0 Å². The molecule has 0 aliphatic carbocycles. The number of hydrogen-bond acceptors (Lipinski definition) is 3. The van der Waals surface area contributed by atoms with Gasteiger partial charge in [0.15, 0.2) is 0 Å². The van der Waals surface area contributed by atoms with Crippen LogP contribution in [0.3, 0.4) is 0 Å². The van der Waals surface area contributed by atoms with Gasteiger partial charge in [0.05, 0.1) is 12.5 Å². The molecule has 2 N–H and O–H groups in total. The highest BCUT2D eigenvalue weighted by atomic mass is 32.1. The quantitative estimate of drug-likeness (QED) is 0.491. The number of aliphatic hydroxyl groups excluding tert-OH is 1. The Kier molecular flexibility index (Phi) is 5.51. The van der Waals surface area contributed by atoms with Crippen LogP contribution in [0.25, 0.3) is 21.2 Å². The van der Waals surface area contributed by atoms with E-state index in [0.29, 0.717) is 6.42 Å². The SMILES string of the molecule is O=C(Cc1ccc(-c2ccccc2)cc1)NC[C@@H](O)c1csc2ccccc12. The van der Waals surface area contributed by atoms with Gasteiger partial charge in [0, 0.05) is 16.8 Å². The third-order valence-electron chi connectivity index (χ3n) is 4.79. The third-order valence-corrected chi connectivity index (χ3v) is 5.77. The molecule has 1 amide bonds. The molecule has 3 aromatic carbocycles. The first-order chi connectivity index (χ1) is 13.7. The van der Waals surface area contributed by atoms with E-state index in [9.17, 15) is 9.90 Å². The van der Waals surface area contributed by atoms with Gasteiger partial charge in [-0.2, -0.15) is 0 Å². The smallest absolute Gasteiger partial charge is 0.224 e. The molecule has 3 nitrogen and oxygen atoms in total. The predicted octanol–water partition coefficient (Wildman–Crippen LogP) is 4.96. The fourth-order valence-corrected chi connectivity index (χ4v) is 4.28. The van der Waals surface area contributed by atoms with Crippen molar-refractivity contribution < 1.29 is 9.90 Å². The lowest BCUT2D eigenvalue weighted by Crippen LogP contribution is -2.29. The maximum Gasteiger partial charge on any atom is 0.224 e. The number of nitrogens with one attached hydrogen (secondary N) is 1. The van der Waals surface area contributed by atoms with Gasteiger partial charge in [-0.25, -0.2) is 0 Å². The van der Waals surface area contributed by atoms with E-state index in [1.54, 1.807) is 11.3 Å². The van der Waals surface area contributed by atoms with E-state index in [2.05, 4.69) is 17.4 Å². The number of fused-ring (bicyclic) bond motifs is 1. The number of thiophene rings is 1. The minimum Gasteiger partial charge on any atom is -0.387 e. The van der Waals surface area contributed by atoms with Crippen LogP contribution in [0.2, 0.25) is 0 Å². The predicted molar refractivity (Wildman–Crippen MR) is 115 cm³/mol. The fourth-order valence-electron chi connectivity index (χ4n) is 3.27. The van der Waals surface area contributed by atoms with E-state index in [1.807, 2.05) is 72.1 Å². The molecule has 0 saturated heterocycles. The van der Waals surface area contributed by atoms with Crippen LogP contribution < -0.4 is 5.32 Å². The van der Waals surface area contributed by atoms with E-state index >= 15 is 0 Å². The molecule has 0 aliphatic rings. The van der Waals surface area contributed by atoms with Crippen LogP contribution in [-0.4, -0.2) is 17.6 Å². The van der Waals surface area contributed by atoms with Crippen molar-refractivity contribution in [2.75, 3.05) is 6.54 Å². The minimum atomic E-state index is -0.708. The number of aliphatic hydroxyl groups is 1. The summed E-state index contributed by atoms with van der Waals surface area (Å²) >= 11 is 1.61. The van der Waals surface area contributed by atoms with Gasteiger partial charge in [0.2, 0.25) is 5.91 Å². The number of hydrogen-bond donors (Lipinski definition) is 2. The molecular weight excluding hydrogens is 366 g/mol. The van der Waals surface area contributed by atoms with Gasteiger partial charge in [0.1, 0.15) is 0 Å². The fraction of sp³-hybridized carbons (Fsp3) is 0.125. The molecule has 0 unspecified atom stereocenters. The Morgan fingerprint density at radius 1 is 0.893 bits per heavy atom. The average Bonchev–Trinajstić information content (AvgIpc) is 3.17. The van der Waals surface area contributed by atoms with Crippen LogP contribution in [0, 0.1) is 0 Å². The second-order valence-corrected chi connectivity index (χ2v) is 7.66. The van der Waals surface area contributed by atoms with Crippen LogP contribution in [0.5, 0.6) is 0 Å². The topological polar surface area (TPSA) is 49.3 Å². The van der Waals surface area contributed by atoms with E-state index in [1.165, 1.54) is 0 Å². The van der Waals surface area contributed by atoms with Crippen LogP contribution in [0.15, 0.2) is 84.2 Å². The summed E-state index contributed by atoms with van der Waals surface area (Å²) in [5.41, 5.74) is 4.11. The number of amides is 1. The zero-order valence-corrected chi connectivity index (χ0v) is 16.2. The normalized spacial score (nSPS) is 12.0. The van der Waals surface area contributed by atoms with Gasteiger partial charge in [-0.1, -0.05) is 72.8 Å². The van der Waals surface area contributed by atoms with Crippen molar-refractivity contribution >= 4 is 27.3 Å². The first-order valence-corrected chi connectivity index (χ1v) is 10.1. The number of rotatable bonds is 6. The lowest BCUT2D eigenvalue weighted by Gasteiger charge is -2.12. The van der Waals surface area contributed by atoms with Crippen molar-refractivity contribution in [2.45, 2.75) is 12.5 Å². The second kappa shape index (κ2) is 8.38. The first kappa shape index (κ1) is 18.4. The Morgan fingerprint density at radius 2 is 1.57 bits per heavy atom. The molecule has 140 valence electrons. The van der Waals surface area contributed by atoms with E-state index in [0.717, 1.165) is 32.3 Å². The second-order valence-electron chi connectivity index (χ2n) is 6.75. The summed E-state index contributed by atoms with van der Waals surface area (Å²) in [6.07, 6.45) is -0.410. The molecule has 1 heterocycles. The van der Waals surface area contributed by atoms with Crippen molar-refractivity contribution in [2.24, 2.45) is 0 Å². The van der Waals surface area contributed by atoms with Gasteiger partial charge in [-0.05, 0) is 33.5 Å². The number of carbonyl (C=O) groups is 1. The number of carbonyl (C=O) groups excluding carboxylic acids is 1. The van der Waals surface area contributed by atoms with Gasteiger partial charge in [0.25, 0.3) is 0 Å². The Hall–Kier alpha value is -2.95. The maximum atomic E-state index is 12.3. The van der Waals surface area contributed by atoms with Crippen LogP contribution >= 0.6 is 11.3 Å². The zero-order valence-electron chi connectivity index (χ0n) is 15.3. The van der Waals surface area contributed by atoms with Gasteiger partial charge < -0.3 is 10.4 Å². The highest BCUT2D eigenvalue weighted by Crippen LogP contribution is 2.29. The van der Waals surface area contributed by atoms with Crippen LogP contribution in [0.1, 0.15) is 17.2 Å². The Balaban J connectivity index is 1.34. The first-order valence-electron chi connectivity index (χ1n) is 9.26. The highest BCUT2D eigenvalue weighted by Gasteiger charge is 2.14. The Morgan fingerprint density at radius 3 is 2.36 bits per heavy atom. The summed E-state index contributed by atoms with van der Waals surface area (Å²) < 4.78 is 1.14.